The van der Waals surface area contributed by atoms with E-state index in [0.717, 1.165) is 24.9 Å². The minimum absolute atomic E-state index is 0.0299. The first-order valence-corrected chi connectivity index (χ1v) is 10.2. The Labute approximate surface area is 180 Å². The van der Waals surface area contributed by atoms with Gasteiger partial charge in [0.05, 0.1) is 10.8 Å². The van der Waals surface area contributed by atoms with Gasteiger partial charge in [0.1, 0.15) is 0 Å². The second-order valence-corrected chi connectivity index (χ2v) is 7.51. The van der Waals surface area contributed by atoms with Crippen molar-refractivity contribution in [3.8, 4) is 0 Å². The Morgan fingerprint density at radius 1 is 1.13 bits per heavy atom. The Bertz CT molecular complexity index is 969. The molecular weight excluding hydrogens is 400 g/mol. The molecule has 1 atom stereocenters. The van der Waals surface area contributed by atoms with Gasteiger partial charge in [0, 0.05) is 36.3 Å². The van der Waals surface area contributed by atoms with Crippen LogP contribution in [-0.4, -0.2) is 35.7 Å². The fraction of sp³-hybridized carbons (Fsp3) is 0.348. The number of esters is 1. The van der Waals surface area contributed by atoms with Gasteiger partial charge in [-0.2, -0.15) is 0 Å². The van der Waals surface area contributed by atoms with Crippen LogP contribution in [0, 0.1) is 16.0 Å². The number of anilines is 1. The summed E-state index contributed by atoms with van der Waals surface area (Å²) >= 11 is 0. The summed E-state index contributed by atoms with van der Waals surface area (Å²) in [6.45, 7) is 1.86. The standard InChI is InChI=1S/C23H24N2O6/c1-2-3-4-16-5-9-19(10-6-16)24-14-18(13-22(24)27)23(28)31-15-21(26)17-7-11-20(12-8-17)25(29)30/h5-12,18H,2-4,13-15H2,1H3/t18-/m1/s1. The smallest absolute Gasteiger partial charge is 0.311 e. The van der Waals surface area contributed by atoms with E-state index in [1.807, 2.05) is 24.3 Å². The third-order valence-corrected chi connectivity index (χ3v) is 5.27. The Morgan fingerprint density at radius 3 is 2.42 bits per heavy atom. The summed E-state index contributed by atoms with van der Waals surface area (Å²) in [5.41, 5.74) is 2.03. The highest BCUT2D eigenvalue weighted by Crippen LogP contribution is 2.26. The van der Waals surface area contributed by atoms with Gasteiger partial charge in [-0.05, 0) is 42.7 Å². The summed E-state index contributed by atoms with van der Waals surface area (Å²) in [7, 11) is 0. The van der Waals surface area contributed by atoms with Crippen LogP contribution in [-0.2, 0) is 20.7 Å². The number of ether oxygens (including phenoxy) is 1. The minimum atomic E-state index is -0.642. The molecule has 31 heavy (non-hydrogen) atoms. The van der Waals surface area contributed by atoms with Crippen LogP contribution in [0.25, 0.3) is 0 Å². The minimum Gasteiger partial charge on any atom is -0.457 e. The zero-order chi connectivity index (χ0) is 22.4. The lowest BCUT2D eigenvalue weighted by Crippen LogP contribution is -2.27. The Hall–Kier alpha value is -3.55. The van der Waals surface area contributed by atoms with Crippen LogP contribution in [0.4, 0.5) is 11.4 Å². The van der Waals surface area contributed by atoms with Crippen molar-refractivity contribution < 1.29 is 24.0 Å². The lowest BCUT2D eigenvalue weighted by molar-refractivity contribution is -0.384. The monoisotopic (exact) mass is 424 g/mol. The zero-order valence-electron chi connectivity index (χ0n) is 17.3. The van der Waals surface area contributed by atoms with Gasteiger partial charge in [0.25, 0.3) is 5.69 Å². The average molecular weight is 424 g/mol. The van der Waals surface area contributed by atoms with Crippen molar-refractivity contribution in [2.45, 2.75) is 32.6 Å². The molecule has 0 unspecified atom stereocenters. The maximum absolute atomic E-state index is 12.4. The van der Waals surface area contributed by atoms with Gasteiger partial charge < -0.3 is 9.64 Å². The van der Waals surface area contributed by atoms with Crippen LogP contribution in [0.15, 0.2) is 48.5 Å². The molecule has 0 aliphatic carbocycles. The predicted molar refractivity (Wildman–Crippen MR) is 114 cm³/mol. The molecule has 1 fully saturated rings. The fourth-order valence-corrected chi connectivity index (χ4v) is 3.45. The normalized spacial score (nSPS) is 15.7. The van der Waals surface area contributed by atoms with E-state index in [2.05, 4.69) is 6.92 Å². The molecule has 0 saturated carbocycles. The molecule has 2 aromatic rings. The van der Waals surface area contributed by atoms with E-state index in [1.165, 1.54) is 29.8 Å². The van der Waals surface area contributed by atoms with Crippen molar-refractivity contribution in [2.24, 2.45) is 5.92 Å². The highest BCUT2D eigenvalue weighted by Gasteiger charge is 2.36. The van der Waals surface area contributed by atoms with Crippen LogP contribution in [0.1, 0.15) is 42.1 Å². The number of amides is 1. The number of aryl methyl sites for hydroxylation is 1. The van der Waals surface area contributed by atoms with E-state index in [1.54, 1.807) is 4.90 Å². The number of hydrogen-bond donors (Lipinski definition) is 0. The number of carbonyl (C=O) groups is 3. The molecule has 3 rings (SSSR count). The predicted octanol–water partition coefficient (Wildman–Crippen LogP) is 3.72. The van der Waals surface area contributed by atoms with E-state index < -0.39 is 29.2 Å². The van der Waals surface area contributed by atoms with E-state index in [-0.39, 0.29) is 30.1 Å². The SMILES string of the molecule is CCCCc1ccc(N2C[C@H](C(=O)OCC(=O)c3ccc([N+](=O)[O-])cc3)CC2=O)cc1. The summed E-state index contributed by atoms with van der Waals surface area (Å²) in [6, 6.07) is 12.8. The molecule has 8 nitrogen and oxygen atoms in total. The van der Waals surface area contributed by atoms with E-state index in [9.17, 15) is 24.5 Å². The molecule has 0 bridgehead atoms. The summed E-state index contributed by atoms with van der Waals surface area (Å²) < 4.78 is 5.11. The third-order valence-electron chi connectivity index (χ3n) is 5.27. The van der Waals surface area contributed by atoms with Gasteiger partial charge in [0.15, 0.2) is 12.4 Å². The van der Waals surface area contributed by atoms with Crippen molar-refractivity contribution >= 4 is 29.0 Å². The second-order valence-electron chi connectivity index (χ2n) is 7.51. The number of hydrogen-bond acceptors (Lipinski definition) is 6. The number of unbranched alkanes of at least 4 members (excludes halogenated alkanes) is 1. The Kier molecular flexibility index (Phi) is 7.12. The highest BCUT2D eigenvalue weighted by molar-refractivity contribution is 6.01. The molecule has 2 aromatic carbocycles. The quantitative estimate of drug-likeness (QED) is 0.263. The van der Waals surface area contributed by atoms with Crippen LogP contribution >= 0.6 is 0 Å². The second kappa shape index (κ2) is 9.97. The maximum atomic E-state index is 12.4. The number of non-ortho nitro benzene ring substituents is 1. The molecule has 162 valence electrons. The average Bonchev–Trinajstić information content (AvgIpc) is 3.17. The van der Waals surface area contributed by atoms with Crippen LogP contribution in [0.3, 0.4) is 0 Å². The molecule has 1 heterocycles. The number of carbonyl (C=O) groups excluding carboxylic acids is 3. The number of Topliss-reactive ketones (excluding diaryl/α,β-unsaturated/α-hetero) is 1. The van der Waals surface area contributed by atoms with Crippen LogP contribution in [0.2, 0.25) is 0 Å². The van der Waals surface area contributed by atoms with Crippen molar-refractivity contribution in [2.75, 3.05) is 18.1 Å². The molecule has 1 saturated heterocycles. The first-order valence-electron chi connectivity index (χ1n) is 10.2. The number of ketones is 1. The van der Waals surface area contributed by atoms with Crippen LogP contribution in [0.5, 0.6) is 0 Å². The molecule has 0 radical (unpaired) electrons. The molecule has 8 heteroatoms. The van der Waals surface area contributed by atoms with Crippen molar-refractivity contribution in [3.05, 3.63) is 69.8 Å². The maximum Gasteiger partial charge on any atom is 0.311 e. The van der Waals surface area contributed by atoms with Crippen molar-refractivity contribution in [1.82, 2.24) is 0 Å². The lowest BCUT2D eigenvalue weighted by atomic mass is 10.1. The van der Waals surface area contributed by atoms with Crippen molar-refractivity contribution in [1.29, 1.82) is 0 Å². The van der Waals surface area contributed by atoms with Crippen LogP contribution < -0.4 is 4.90 Å². The number of benzene rings is 2. The summed E-state index contributed by atoms with van der Waals surface area (Å²) in [5.74, 6) is -1.88. The van der Waals surface area contributed by atoms with Gasteiger partial charge in [-0.1, -0.05) is 25.5 Å². The first kappa shape index (κ1) is 22.1. The first-order chi connectivity index (χ1) is 14.9. The molecule has 1 aliphatic rings. The Morgan fingerprint density at radius 2 is 1.81 bits per heavy atom. The van der Waals surface area contributed by atoms with Gasteiger partial charge in [-0.25, -0.2) is 0 Å². The third kappa shape index (κ3) is 5.53. The molecule has 1 amide bonds. The largest absolute Gasteiger partial charge is 0.457 e. The number of nitro groups is 1. The van der Waals surface area contributed by atoms with E-state index >= 15 is 0 Å². The summed E-state index contributed by atoms with van der Waals surface area (Å²) in [6.07, 6.45) is 3.24. The lowest BCUT2D eigenvalue weighted by Gasteiger charge is -2.17. The molecule has 1 aliphatic heterocycles. The zero-order valence-corrected chi connectivity index (χ0v) is 17.3. The number of rotatable bonds is 9. The molecule has 0 N–H and O–H groups in total. The fourth-order valence-electron chi connectivity index (χ4n) is 3.45. The number of nitro benzene ring substituents is 1. The highest BCUT2D eigenvalue weighted by atomic mass is 16.6. The topological polar surface area (TPSA) is 107 Å². The Balaban J connectivity index is 1.53. The number of nitrogens with zero attached hydrogens (tertiary/aromatic N) is 2. The van der Waals surface area contributed by atoms with Gasteiger partial charge in [-0.15, -0.1) is 0 Å². The molecule has 0 spiro atoms. The van der Waals surface area contributed by atoms with Gasteiger partial charge in [-0.3, -0.25) is 24.5 Å². The summed E-state index contributed by atoms with van der Waals surface area (Å²) in [4.78, 5) is 48.6. The molecular formula is C23H24N2O6. The van der Waals surface area contributed by atoms with Crippen molar-refractivity contribution in [3.63, 3.8) is 0 Å². The van der Waals surface area contributed by atoms with E-state index in [4.69, 9.17) is 4.74 Å². The molecule has 0 aromatic heterocycles. The van der Waals surface area contributed by atoms with Gasteiger partial charge >= 0.3 is 5.97 Å². The van der Waals surface area contributed by atoms with E-state index in [0.29, 0.717) is 0 Å². The summed E-state index contributed by atoms with van der Waals surface area (Å²) in [5, 5.41) is 10.7. The van der Waals surface area contributed by atoms with Gasteiger partial charge in [0.2, 0.25) is 5.91 Å².